The first-order chi connectivity index (χ1) is 9.43. The Morgan fingerprint density at radius 2 is 2.05 bits per heavy atom. The van der Waals surface area contributed by atoms with Crippen LogP contribution in [0.2, 0.25) is 0 Å². The van der Waals surface area contributed by atoms with Gasteiger partial charge in [-0.2, -0.15) is 0 Å². The molecule has 1 aromatic carbocycles. The number of nitrogens with one attached hydrogen (secondary N) is 1. The third kappa shape index (κ3) is 4.71. The predicted molar refractivity (Wildman–Crippen MR) is 70.9 cm³/mol. The lowest BCUT2D eigenvalue weighted by atomic mass is 10.2. The van der Waals surface area contributed by atoms with Crippen LogP contribution in [0, 0.1) is 21.7 Å². The summed E-state index contributed by atoms with van der Waals surface area (Å²) < 4.78 is 31.8. The lowest BCUT2D eigenvalue weighted by Crippen LogP contribution is -2.20. The summed E-state index contributed by atoms with van der Waals surface area (Å²) in [6.07, 6.45) is 0. The highest BCUT2D eigenvalue weighted by atomic mass is 19.2. The topological polar surface area (TPSA) is 67.6 Å². The molecular weight excluding hydrogens is 272 g/mol. The van der Waals surface area contributed by atoms with Gasteiger partial charge in [-0.15, -0.1) is 0 Å². The molecular formula is C12H17F2N3O3. The summed E-state index contributed by atoms with van der Waals surface area (Å²) in [6.45, 7) is 1.60. The molecule has 0 aromatic heterocycles. The number of anilines is 1. The fourth-order valence-electron chi connectivity index (χ4n) is 1.46. The van der Waals surface area contributed by atoms with E-state index in [4.69, 9.17) is 4.74 Å². The third-order valence-electron chi connectivity index (χ3n) is 2.50. The molecule has 112 valence electrons. The van der Waals surface area contributed by atoms with Crippen LogP contribution in [0.4, 0.5) is 20.2 Å². The van der Waals surface area contributed by atoms with E-state index in [-0.39, 0.29) is 13.2 Å². The van der Waals surface area contributed by atoms with E-state index in [0.29, 0.717) is 6.61 Å². The lowest BCUT2D eigenvalue weighted by Gasteiger charge is -2.11. The monoisotopic (exact) mass is 289 g/mol. The second kappa shape index (κ2) is 7.71. The van der Waals surface area contributed by atoms with E-state index in [1.807, 2.05) is 19.0 Å². The number of likely N-dealkylation sites (N-methyl/N-ethyl adjacent to an activating group) is 1. The molecule has 0 aliphatic carbocycles. The lowest BCUT2D eigenvalue weighted by molar-refractivity contribution is -0.384. The summed E-state index contributed by atoms with van der Waals surface area (Å²) in [7, 11) is 3.79. The number of nitro groups is 1. The minimum Gasteiger partial charge on any atom is -0.378 e. The van der Waals surface area contributed by atoms with E-state index in [0.717, 1.165) is 18.7 Å². The number of hydrogen-bond acceptors (Lipinski definition) is 5. The fraction of sp³-hybridized carbons (Fsp3) is 0.500. The summed E-state index contributed by atoms with van der Waals surface area (Å²) in [5, 5.41) is 13.2. The molecule has 1 aromatic rings. The van der Waals surface area contributed by atoms with Crippen LogP contribution >= 0.6 is 0 Å². The van der Waals surface area contributed by atoms with Crippen molar-refractivity contribution in [1.82, 2.24) is 4.90 Å². The standard InChI is InChI=1S/C12H17F2N3O3/c1-16(2)6-8-20-7-5-15-12-10(17(18)19)4-3-9(13)11(12)14/h3-4,15H,5-8H2,1-2H3. The van der Waals surface area contributed by atoms with Crippen LogP contribution in [-0.4, -0.2) is 50.2 Å². The summed E-state index contributed by atoms with van der Waals surface area (Å²) in [6, 6.07) is 1.65. The minimum atomic E-state index is -1.26. The maximum Gasteiger partial charge on any atom is 0.295 e. The van der Waals surface area contributed by atoms with E-state index in [2.05, 4.69) is 5.32 Å². The first kappa shape index (κ1) is 16.3. The molecule has 8 heteroatoms. The Bertz CT molecular complexity index is 470. The largest absolute Gasteiger partial charge is 0.378 e. The number of rotatable bonds is 8. The molecule has 6 nitrogen and oxygen atoms in total. The summed E-state index contributed by atoms with van der Waals surface area (Å²) in [5.74, 6) is -2.39. The van der Waals surface area contributed by atoms with Crippen LogP contribution in [0.1, 0.15) is 0 Å². The number of halogens is 2. The average Bonchev–Trinajstić information content (AvgIpc) is 2.37. The fourth-order valence-corrected chi connectivity index (χ4v) is 1.46. The van der Waals surface area contributed by atoms with Gasteiger partial charge in [0.25, 0.3) is 5.69 Å². The van der Waals surface area contributed by atoms with Gasteiger partial charge in [0, 0.05) is 19.2 Å². The van der Waals surface area contributed by atoms with Gasteiger partial charge in [0.2, 0.25) is 0 Å². The van der Waals surface area contributed by atoms with Crippen molar-refractivity contribution in [2.24, 2.45) is 0 Å². The van der Waals surface area contributed by atoms with Crippen molar-refractivity contribution in [1.29, 1.82) is 0 Å². The molecule has 1 N–H and O–H groups in total. The van der Waals surface area contributed by atoms with Gasteiger partial charge < -0.3 is 15.0 Å². The van der Waals surface area contributed by atoms with Crippen LogP contribution in [0.15, 0.2) is 12.1 Å². The average molecular weight is 289 g/mol. The van der Waals surface area contributed by atoms with Crippen molar-refractivity contribution >= 4 is 11.4 Å². The molecule has 1 rings (SSSR count). The van der Waals surface area contributed by atoms with Crippen LogP contribution in [-0.2, 0) is 4.74 Å². The molecule has 0 aliphatic heterocycles. The molecule has 0 saturated heterocycles. The Kier molecular flexibility index (Phi) is 6.26. The normalized spacial score (nSPS) is 10.8. The van der Waals surface area contributed by atoms with E-state index in [9.17, 15) is 18.9 Å². The van der Waals surface area contributed by atoms with E-state index in [1.165, 1.54) is 0 Å². The van der Waals surface area contributed by atoms with Crippen LogP contribution < -0.4 is 5.32 Å². The van der Waals surface area contributed by atoms with Gasteiger partial charge in [-0.05, 0) is 20.2 Å². The Hall–Kier alpha value is -1.80. The predicted octanol–water partition coefficient (Wildman–Crippen LogP) is 1.86. The summed E-state index contributed by atoms with van der Waals surface area (Å²) >= 11 is 0. The second-order valence-corrected chi connectivity index (χ2v) is 4.36. The highest BCUT2D eigenvalue weighted by Crippen LogP contribution is 2.28. The Morgan fingerprint density at radius 3 is 2.65 bits per heavy atom. The molecule has 0 unspecified atom stereocenters. The maximum atomic E-state index is 13.5. The molecule has 0 radical (unpaired) electrons. The highest BCUT2D eigenvalue weighted by molar-refractivity contribution is 5.62. The molecule has 20 heavy (non-hydrogen) atoms. The van der Waals surface area contributed by atoms with Crippen molar-refractivity contribution in [2.45, 2.75) is 0 Å². The zero-order valence-corrected chi connectivity index (χ0v) is 11.4. The molecule has 0 aliphatic rings. The van der Waals surface area contributed by atoms with Gasteiger partial charge in [-0.25, -0.2) is 8.78 Å². The molecule has 0 heterocycles. The van der Waals surface area contributed by atoms with Crippen LogP contribution in [0.5, 0.6) is 0 Å². The van der Waals surface area contributed by atoms with Gasteiger partial charge >= 0.3 is 0 Å². The number of ether oxygens (including phenoxy) is 1. The number of nitro benzene ring substituents is 1. The first-order valence-electron chi connectivity index (χ1n) is 6.02. The summed E-state index contributed by atoms with van der Waals surface area (Å²) in [4.78, 5) is 11.9. The molecule has 0 spiro atoms. The number of benzene rings is 1. The van der Waals surface area contributed by atoms with Gasteiger partial charge in [0.05, 0.1) is 18.1 Å². The molecule has 0 saturated carbocycles. The molecule has 0 amide bonds. The Balaban J connectivity index is 2.54. The number of hydrogen-bond donors (Lipinski definition) is 1. The van der Waals surface area contributed by atoms with Crippen LogP contribution in [0.3, 0.4) is 0 Å². The van der Waals surface area contributed by atoms with Crippen LogP contribution in [0.25, 0.3) is 0 Å². The SMILES string of the molecule is CN(C)CCOCCNc1c([N+](=O)[O-])ccc(F)c1F. The molecule has 0 atom stereocenters. The van der Waals surface area contributed by atoms with Crippen molar-refractivity contribution < 1.29 is 18.4 Å². The summed E-state index contributed by atoms with van der Waals surface area (Å²) in [5.41, 5.74) is -0.955. The van der Waals surface area contributed by atoms with E-state index in [1.54, 1.807) is 0 Å². The van der Waals surface area contributed by atoms with Crippen molar-refractivity contribution in [3.8, 4) is 0 Å². The second-order valence-electron chi connectivity index (χ2n) is 4.36. The van der Waals surface area contributed by atoms with E-state index < -0.39 is 27.9 Å². The quantitative estimate of drug-likeness (QED) is 0.449. The van der Waals surface area contributed by atoms with E-state index >= 15 is 0 Å². The van der Waals surface area contributed by atoms with Crippen molar-refractivity contribution in [3.63, 3.8) is 0 Å². The Morgan fingerprint density at radius 1 is 1.35 bits per heavy atom. The Labute approximate surface area is 115 Å². The molecule has 0 bridgehead atoms. The number of nitrogens with zero attached hydrogens (tertiary/aromatic N) is 2. The minimum absolute atomic E-state index is 0.147. The third-order valence-corrected chi connectivity index (χ3v) is 2.50. The highest BCUT2D eigenvalue weighted by Gasteiger charge is 2.20. The van der Waals surface area contributed by atoms with Crippen molar-refractivity contribution in [2.75, 3.05) is 45.7 Å². The van der Waals surface area contributed by atoms with Gasteiger partial charge in [0.15, 0.2) is 17.3 Å². The van der Waals surface area contributed by atoms with Gasteiger partial charge in [0.1, 0.15) is 0 Å². The molecule has 0 fully saturated rings. The maximum absolute atomic E-state index is 13.5. The van der Waals surface area contributed by atoms with Crippen molar-refractivity contribution in [3.05, 3.63) is 33.9 Å². The van der Waals surface area contributed by atoms with Gasteiger partial charge in [-0.3, -0.25) is 10.1 Å². The first-order valence-corrected chi connectivity index (χ1v) is 6.02. The smallest absolute Gasteiger partial charge is 0.295 e. The zero-order valence-electron chi connectivity index (χ0n) is 11.4. The van der Waals surface area contributed by atoms with Gasteiger partial charge in [-0.1, -0.05) is 0 Å². The zero-order chi connectivity index (χ0) is 15.1.